The van der Waals surface area contributed by atoms with Crippen LogP contribution in [0.15, 0.2) is 36.5 Å². The summed E-state index contributed by atoms with van der Waals surface area (Å²) in [5.41, 5.74) is 0.849. The molecule has 1 aromatic heterocycles. The molecule has 0 atom stereocenters. The van der Waals surface area contributed by atoms with Gasteiger partial charge in [0.2, 0.25) is 0 Å². The standard InChI is InChI=1S/C13H11FIN3O/c1-16-12-9(6-8(14)7-17-12)13(19)18-11-5-3-2-4-10(11)15/h2-7H,1H3,(H,16,17)(H,18,19). The van der Waals surface area contributed by atoms with Crippen LogP contribution < -0.4 is 10.6 Å². The van der Waals surface area contributed by atoms with E-state index in [0.717, 1.165) is 15.8 Å². The number of benzene rings is 1. The third-order valence-electron chi connectivity index (χ3n) is 2.46. The van der Waals surface area contributed by atoms with E-state index in [1.165, 1.54) is 0 Å². The molecule has 0 aliphatic heterocycles. The van der Waals surface area contributed by atoms with E-state index in [2.05, 4.69) is 38.2 Å². The van der Waals surface area contributed by atoms with Gasteiger partial charge in [-0.05, 0) is 40.8 Å². The quantitative estimate of drug-likeness (QED) is 0.816. The number of halogens is 2. The van der Waals surface area contributed by atoms with Gasteiger partial charge in [0.05, 0.1) is 17.4 Å². The second-order valence-electron chi connectivity index (χ2n) is 3.73. The number of hydrogen-bond donors (Lipinski definition) is 2. The van der Waals surface area contributed by atoms with E-state index in [4.69, 9.17) is 0 Å². The first-order valence-electron chi connectivity index (χ1n) is 5.51. The maximum Gasteiger partial charge on any atom is 0.259 e. The number of nitrogens with one attached hydrogen (secondary N) is 2. The Kier molecular flexibility index (Phi) is 4.31. The number of hydrogen-bond acceptors (Lipinski definition) is 3. The van der Waals surface area contributed by atoms with Gasteiger partial charge in [0, 0.05) is 10.6 Å². The predicted molar refractivity (Wildman–Crippen MR) is 80.9 cm³/mol. The highest BCUT2D eigenvalue weighted by atomic mass is 127. The number of pyridine rings is 1. The SMILES string of the molecule is CNc1ncc(F)cc1C(=O)Nc1ccccc1I. The number of nitrogens with zero attached hydrogens (tertiary/aromatic N) is 1. The number of carbonyl (C=O) groups is 1. The molecule has 19 heavy (non-hydrogen) atoms. The molecular weight excluding hydrogens is 360 g/mol. The van der Waals surface area contributed by atoms with E-state index in [0.29, 0.717) is 11.5 Å². The fraction of sp³-hybridized carbons (Fsp3) is 0.0769. The maximum absolute atomic E-state index is 13.2. The minimum Gasteiger partial charge on any atom is -0.372 e. The van der Waals surface area contributed by atoms with E-state index in [1.54, 1.807) is 13.1 Å². The van der Waals surface area contributed by atoms with Gasteiger partial charge >= 0.3 is 0 Å². The lowest BCUT2D eigenvalue weighted by Crippen LogP contribution is -2.15. The molecule has 4 nitrogen and oxygen atoms in total. The Balaban J connectivity index is 2.30. The second-order valence-corrected chi connectivity index (χ2v) is 4.90. The van der Waals surface area contributed by atoms with Crippen LogP contribution in [0.2, 0.25) is 0 Å². The molecule has 1 aromatic carbocycles. The number of amides is 1. The largest absolute Gasteiger partial charge is 0.372 e. The monoisotopic (exact) mass is 371 g/mol. The minimum absolute atomic E-state index is 0.169. The zero-order valence-electron chi connectivity index (χ0n) is 10.1. The molecule has 2 rings (SSSR count). The number of carbonyl (C=O) groups excluding carboxylic acids is 1. The van der Waals surface area contributed by atoms with Crippen LogP contribution in [0, 0.1) is 9.39 Å². The summed E-state index contributed by atoms with van der Waals surface area (Å²) in [4.78, 5) is 16.0. The lowest BCUT2D eigenvalue weighted by Gasteiger charge is -2.10. The van der Waals surface area contributed by atoms with Crippen LogP contribution >= 0.6 is 22.6 Å². The first-order chi connectivity index (χ1) is 9.11. The van der Waals surface area contributed by atoms with Crippen LogP contribution in [-0.2, 0) is 0 Å². The van der Waals surface area contributed by atoms with Crippen molar-refractivity contribution >= 4 is 40.0 Å². The summed E-state index contributed by atoms with van der Waals surface area (Å²) in [6.07, 6.45) is 1.06. The van der Waals surface area contributed by atoms with Gasteiger partial charge in [-0.3, -0.25) is 4.79 Å². The molecular formula is C13H11FIN3O. The van der Waals surface area contributed by atoms with Crippen molar-refractivity contribution in [3.8, 4) is 0 Å². The van der Waals surface area contributed by atoms with E-state index in [1.807, 2.05) is 18.2 Å². The number of para-hydroxylation sites is 1. The molecule has 1 amide bonds. The zero-order valence-corrected chi connectivity index (χ0v) is 12.2. The molecule has 2 aromatic rings. The molecule has 6 heteroatoms. The van der Waals surface area contributed by atoms with Crippen LogP contribution in [0.3, 0.4) is 0 Å². The summed E-state index contributed by atoms with van der Waals surface area (Å²) in [6, 6.07) is 8.51. The average Bonchev–Trinajstić information content (AvgIpc) is 2.41. The lowest BCUT2D eigenvalue weighted by molar-refractivity contribution is 0.102. The molecule has 0 fully saturated rings. The van der Waals surface area contributed by atoms with Crippen LogP contribution in [0.25, 0.3) is 0 Å². The summed E-state index contributed by atoms with van der Waals surface area (Å²) in [5, 5.41) is 5.50. The van der Waals surface area contributed by atoms with Gasteiger partial charge in [-0.15, -0.1) is 0 Å². The van der Waals surface area contributed by atoms with E-state index < -0.39 is 11.7 Å². The van der Waals surface area contributed by atoms with Gasteiger partial charge in [0.25, 0.3) is 5.91 Å². The molecule has 0 unspecified atom stereocenters. The molecule has 1 heterocycles. The Morgan fingerprint density at radius 2 is 2.11 bits per heavy atom. The summed E-state index contributed by atoms with van der Waals surface area (Å²) < 4.78 is 14.1. The molecule has 0 radical (unpaired) electrons. The fourth-order valence-corrected chi connectivity index (χ4v) is 2.09. The van der Waals surface area contributed by atoms with Gasteiger partial charge < -0.3 is 10.6 Å². The summed E-state index contributed by atoms with van der Waals surface area (Å²) in [7, 11) is 1.63. The molecule has 0 saturated heterocycles. The zero-order chi connectivity index (χ0) is 13.8. The highest BCUT2D eigenvalue weighted by Gasteiger charge is 2.14. The van der Waals surface area contributed by atoms with E-state index in [-0.39, 0.29) is 5.56 Å². The summed E-state index contributed by atoms with van der Waals surface area (Å²) >= 11 is 2.12. The number of rotatable bonds is 3. The third-order valence-corrected chi connectivity index (χ3v) is 3.40. The van der Waals surface area contributed by atoms with E-state index in [9.17, 15) is 9.18 Å². The highest BCUT2D eigenvalue weighted by Crippen LogP contribution is 2.20. The van der Waals surface area contributed by atoms with Gasteiger partial charge in [0.1, 0.15) is 11.6 Å². The van der Waals surface area contributed by atoms with Crippen LogP contribution in [0.4, 0.5) is 15.9 Å². The fourth-order valence-electron chi connectivity index (χ4n) is 1.56. The number of aromatic nitrogens is 1. The Labute approximate surface area is 123 Å². The minimum atomic E-state index is -0.549. The average molecular weight is 371 g/mol. The first kappa shape index (κ1) is 13.7. The van der Waals surface area contributed by atoms with Crippen molar-refractivity contribution in [3.05, 3.63) is 51.5 Å². The Morgan fingerprint density at radius 3 is 2.79 bits per heavy atom. The first-order valence-corrected chi connectivity index (χ1v) is 6.59. The molecule has 98 valence electrons. The lowest BCUT2D eigenvalue weighted by atomic mass is 10.2. The van der Waals surface area contributed by atoms with Crippen molar-refractivity contribution in [2.24, 2.45) is 0 Å². The Bertz CT molecular complexity index is 619. The van der Waals surface area contributed by atoms with Crippen molar-refractivity contribution in [2.75, 3.05) is 17.7 Å². The van der Waals surface area contributed by atoms with Crippen molar-refractivity contribution in [2.45, 2.75) is 0 Å². The molecule has 0 spiro atoms. The Hall–Kier alpha value is -1.70. The van der Waals surface area contributed by atoms with E-state index >= 15 is 0 Å². The van der Waals surface area contributed by atoms with Crippen molar-refractivity contribution in [1.29, 1.82) is 0 Å². The van der Waals surface area contributed by atoms with Gasteiger partial charge in [0.15, 0.2) is 0 Å². The highest BCUT2D eigenvalue weighted by molar-refractivity contribution is 14.1. The van der Waals surface area contributed by atoms with Gasteiger partial charge in [-0.2, -0.15) is 0 Å². The molecule has 0 bridgehead atoms. The molecule has 0 aliphatic carbocycles. The topological polar surface area (TPSA) is 54.0 Å². The summed E-state index contributed by atoms with van der Waals surface area (Å²) in [5.74, 6) is -0.614. The van der Waals surface area contributed by atoms with Gasteiger partial charge in [-0.1, -0.05) is 12.1 Å². The van der Waals surface area contributed by atoms with Crippen LogP contribution in [0.1, 0.15) is 10.4 Å². The molecule has 0 aliphatic rings. The summed E-state index contributed by atoms with van der Waals surface area (Å²) in [6.45, 7) is 0. The molecule has 0 saturated carbocycles. The van der Waals surface area contributed by atoms with Crippen LogP contribution in [-0.4, -0.2) is 17.9 Å². The predicted octanol–water partition coefficient (Wildman–Crippen LogP) is 3.12. The normalized spacial score (nSPS) is 10.1. The smallest absolute Gasteiger partial charge is 0.259 e. The van der Waals surface area contributed by atoms with Crippen molar-refractivity contribution in [1.82, 2.24) is 4.98 Å². The second kappa shape index (κ2) is 5.96. The molecule has 2 N–H and O–H groups in total. The Morgan fingerprint density at radius 1 is 1.37 bits per heavy atom. The van der Waals surface area contributed by atoms with Crippen LogP contribution in [0.5, 0.6) is 0 Å². The van der Waals surface area contributed by atoms with Gasteiger partial charge in [-0.25, -0.2) is 9.37 Å². The van der Waals surface area contributed by atoms with Crippen molar-refractivity contribution < 1.29 is 9.18 Å². The maximum atomic E-state index is 13.2. The third kappa shape index (κ3) is 3.19. The van der Waals surface area contributed by atoms with Crippen molar-refractivity contribution in [3.63, 3.8) is 0 Å². The number of anilines is 2.